The molecule has 1 aromatic carbocycles. The van der Waals surface area contributed by atoms with Crippen molar-refractivity contribution >= 4 is 22.2 Å². The summed E-state index contributed by atoms with van der Waals surface area (Å²) in [6, 6.07) is 12.0. The lowest BCUT2D eigenvalue weighted by molar-refractivity contribution is 0.683. The van der Waals surface area contributed by atoms with Gasteiger partial charge in [0.05, 0.1) is 11.6 Å². The van der Waals surface area contributed by atoms with Crippen molar-refractivity contribution in [1.29, 1.82) is 0 Å². The van der Waals surface area contributed by atoms with Crippen LogP contribution in [0, 0.1) is 0 Å². The highest BCUT2D eigenvalue weighted by Gasteiger charge is 2.12. The summed E-state index contributed by atoms with van der Waals surface area (Å²) in [7, 11) is 0. The van der Waals surface area contributed by atoms with Crippen LogP contribution >= 0.6 is 11.3 Å². The Labute approximate surface area is 115 Å². The number of hydrogen-bond acceptors (Lipinski definition) is 5. The van der Waals surface area contributed by atoms with Gasteiger partial charge in [-0.1, -0.05) is 42.5 Å². The molecule has 0 aliphatic heterocycles. The molecule has 1 unspecified atom stereocenters. The van der Waals surface area contributed by atoms with E-state index in [1.807, 2.05) is 37.3 Å². The Bertz CT molecular complexity index is 707. The molecule has 1 atom stereocenters. The highest BCUT2D eigenvalue weighted by molar-refractivity contribution is 7.14. The largest absolute Gasteiger partial charge is 0.322 e. The molecule has 0 aliphatic carbocycles. The van der Waals surface area contributed by atoms with Gasteiger partial charge in [-0.2, -0.15) is 0 Å². The van der Waals surface area contributed by atoms with E-state index in [0.29, 0.717) is 0 Å². The van der Waals surface area contributed by atoms with Gasteiger partial charge in [-0.05, 0) is 18.6 Å². The van der Waals surface area contributed by atoms with Crippen molar-refractivity contribution in [2.24, 2.45) is 5.73 Å². The third-order valence-corrected chi connectivity index (χ3v) is 4.09. The maximum Gasteiger partial charge on any atom is 0.166 e. The zero-order valence-corrected chi connectivity index (χ0v) is 11.4. The summed E-state index contributed by atoms with van der Waals surface area (Å²) in [6.45, 7) is 2.04. The van der Waals surface area contributed by atoms with Crippen molar-refractivity contribution in [3.63, 3.8) is 0 Å². The maximum atomic E-state index is 5.96. The third-order valence-electron chi connectivity index (χ3n) is 3.02. The lowest BCUT2D eigenvalue weighted by Crippen LogP contribution is -2.07. The number of hydrogen-bond donors (Lipinski definition) is 1. The van der Waals surface area contributed by atoms with E-state index in [0.717, 1.165) is 33.0 Å². The predicted molar refractivity (Wildman–Crippen MR) is 77.9 cm³/mol. The van der Waals surface area contributed by atoms with E-state index in [1.165, 1.54) is 11.3 Å². The second-order valence-electron chi connectivity index (χ2n) is 4.35. The van der Waals surface area contributed by atoms with Crippen molar-refractivity contribution < 1.29 is 0 Å². The van der Waals surface area contributed by atoms with Gasteiger partial charge in [-0.3, -0.25) is 0 Å². The molecule has 5 heteroatoms. The lowest BCUT2D eigenvalue weighted by Gasteiger charge is -2.01. The average molecular weight is 270 g/mol. The molecular formula is C14H14N4S. The molecule has 0 spiro atoms. The van der Waals surface area contributed by atoms with Crippen LogP contribution in [0.15, 0.2) is 36.4 Å². The SMILES string of the molecule is CCC(N)c1nnc(-c2ccc3ccccc3n2)s1. The monoisotopic (exact) mass is 270 g/mol. The zero-order chi connectivity index (χ0) is 13.2. The summed E-state index contributed by atoms with van der Waals surface area (Å²) in [5.74, 6) is 0. The van der Waals surface area contributed by atoms with E-state index in [9.17, 15) is 0 Å². The molecule has 3 aromatic rings. The van der Waals surface area contributed by atoms with Gasteiger partial charge in [-0.25, -0.2) is 4.98 Å². The summed E-state index contributed by atoms with van der Waals surface area (Å²) in [5.41, 5.74) is 7.79. The molecule has 0 amide bonds. The van der Waals surface area contributed by atoms with Crippen LogP contribution in [0.25, 0.3) is 21.6 Å². The minimum absolute atomic E-state index is 0.0355. The predicted octanol–water partition coefficient (Wildman–Crippen LogP) is 3.16. The van der Waals surface area contributed by atoms with Crippen molar-refractivity contribution in [2.75, 3.05) is 0 Å². The van der Waals surface area contributed by atoms with Crippen LogP contribution in [0.2, 0.25) is 0 Å². The van der Waals surface area contributed by atoms with Crippen LogP contribution in [-0.4, -0.2) is 15.2 Å². The Morgan fingerprint density at radius 1 is 1.16 bits per heavy atom. The van der Waals surface area contributed by atoms with Crippen LogP contribution in [-0.2, 0) is 0 Å². The normalized spacial score (nSPS) is 12.7. The molecule has 0 aliphatic rings. The molecule has 0 saturated heterocycles. The molecule has 2 heterocycles. The fourth-order valence-corrected chi connectivity index (χ4v) is 2.75. The number of nitrogens with two attached hydrogens (primary N) is 1. The molecule has 0 saturated carbocycles. The number of nitrogens with zero attached hydrogens (tertiary/aromatic N) is 3. The van der Waals surface area contributed by atoms with Crippen LogP contribution in [0.4, 0.5) is 0 Å². The Morgan fingerprint density at radius 2 is 2.00 bits per heavy atom. The maximum absolute atomic E-state index is 5.96. The number of pyridine rings is 1. The molecule has 0 radical (unpaired) electrons. The molecule has 2 N–H and O–H groups in total. The van der Waals surface area contributed by atoms with Crippen molar-refractivity contribution in [3.8, 4) is 10.7 Å². The first-order chi connectivity index (χ1) is 9.28. The molecule has 0 fully saturated rings. The minimum atomic E-state index is -0.0355. The van der Waals surface area contributed by atoms with E-state index in [2.05, 4.69) is 21.2 Å². The Balaban J connectivity index is 2.01. The molecule has 96 valence electrons. The minimum Gasteiger partial charge on any atom is -0.322 e. The second kappa shape index (κ2) is 5.03. The van der Waals surface area contributed by atoms with Gasteiger partial charge >= 0.3 is 0 Å². The van der Waals surface area contributed by atoms with Crippen molar-refractivity contribution in [1.82, 2.24) is 15.2 Å². The van der Waals surface area contributed by atoms with Crippen molar-refractivity contribution in [3.05, 3.63) is 41.4 Å². The quantitative estimate of drug-likeness (QED) is 0.794. The lowest BCUT2D eigenvalue weighted by atomic mass is 10.2. The number of fused-ring (bicyclic) bond motifs is 1. The fourth-order valence-electron chi connectivity index (χ4n) is 1.85. The van der Waals surface area contributed by atoms with Crippen molar-refractivity contribution in [2.45, 2.75) is 19.4 Å². The number of benzene rings is 1. The van der Waals surface area contributed by atoms with Gasteiger partial charge in [-0.15, -0.1) is 10.2 Å². The van der Waals surface area contributed by atoms with Crippen LogP contribution < -0.4 is 5.73 Å². The van der Waals surface area contributed by atoms with E-state index >= 15 is 0 Å². The Morgan fingerprint density at radius 3 is 2.84 bits per heavy atom. The van der Waals surface area contributed by atoms with Gasteiger partial charge in [0.15, 0.2) is 5.01 Å². The van der Waals surface area contributed by atoms with Gasteiger partial charge in [0.1, 0.15) is 10.7 Å². The average Bonchev–Trinajstić information content (AvgIpc) is 2.95. The summed E-state index contributed by atoms with van der Waals surface area (Å²) in [5, 5.41) is 11.2. The Hall–Kier alpha value is -1.85. The molecule has 0 bridgehead atoms. The van der Waals surface area contributed by atoms with Crippen LogP contribution in [0.5, 0.6) is 0 Å². The molecular weight excluding hydrogens is 256 g/mol. The van der Waals surface area contributed by atoms with E-state index in [1.54, 1.807) is 0 Å². The smallest absolute Gasteiger partial charge is 0.166 e. The third kappa shape index (κ3) is 2.34. The highest BCUT2D eigenvalue weighted by Crippen LogP contribution is 2.27. The number of rotatable bonds is 3. The molecule has 4 nitrogen and oxygen atoms in total. The number of aromatic nitrogens is 3. The molecule has 19 heavy (non-hydrogen) atoms. The molecule has 2 aromatic heterocycles. The van der Waals surface area contributed by atoms with Crippen LogP contribution in [0.3, 0.4) is 0 Å². The van der Waals surface area contributed by atoms with Gasteiger partial charge in [0.25, 0.3) is 0 Å². The van der Waals surface area contributed by atoms with Gasteiger partial charge in [0.2, 0.25) is 0 Å². The van der Waals surface area contributed by atoms with Gasteiger partial charge < -0.3 is 5.73 Å². The summed E-state index contributed by atoms with van der Waals surface area (Å²) < 4.78 is 0. The summed E-state index contributed by atoms with van der Waals surface area (Å²) in [4.78, 5) is 4.61. The first-order valence-corrected chi connectivity index (χ1v) is 7.04. The van der Waals surface area contributed by atoms with E-state index in [-0.39, 0.29) is 6.04 Å². The first-order valence-electron chi connectivity index (χ1n) is 6.23. The standard InChI is InChI=1S/C14H14N4S/c1-2-10(15)13-17-18-14(19-13)12-8-7-9-5-3-4-6-11(9)16-12/h3-8,10H,2,15H2,1H3. The topological polar surface area (TPSA) is 64.7 Å². The van der Waals surface area contributed by atoms with E-state index < -0.39 is 0 Å². The second-order valence-corrected chi connectivity index (χ2v) is 5.36. The zero-order valence-electron chi connectivity index (χ0n) is 10.6. The number of para-hydroxylation sites is 1. The highest BCUT2D eigenvalue weighted by atomic mass is 32.1. The Kier molecular flexibility index (Phi) is 3.23. The first kappa shape index (κ1) is 12.2. The molecule has 3 rings (SSSR count). The summed E-state index contributed by atoms with van der Waals surface area (Å²) in [6.07, 6.45) is 0.861. The fraction of sp³-hybridized carbons (Fsp3) is 0.214. The van der Waals surface area contributed by atoms with Crippen LogP contribution in [0.1, 0.15) is 24.4 Å². The van der Waals surface area contributed by atoms with Gasteiger partial charge in [0, 0.05) is 5.39 Å². The summed E-state index contributed by atoms with van der Waals surface area (Å²) >= 11 is 1.52. The van der Waals surface area contributed by atoms with E-state index in [4.69, 9.17) is 5.73 Å².